The van der Waals surface area contributed by atoms with Gasteiger partial charge in [0.05, 0.1) is 23.5 Å². The van der Waals surface area contributed by atoms with Crippen LogP contribution >= 0.6 is 0 Å². The number of hydrogen-bond donors (Lipinski definition) is 1. The van der Waals surface area contributed by atoms with Crippen molar-refractivity contribution in [2.24, 2.45) is 5.92 Å². The molecule has 2 fully saturated rings. The van der Waals surface area contributed by atoms with Crippen molar-refractivity contribution in [2.75, 3.05) is 19.6 Å². The molecule has 2 saturated heterocycles. The molecule has 4 heterocycles. The fourth-order valence-electron chi connectivity index (χ4n) is 3.26. The lowest BCUT2D eigenvalue weighted by atomic mass is 10.1. The van der Waals surface area contributed by atoms with Gasteiger partial charge in [-0.2, -0.15) is 5.10 Å². The number of nitrogens with one attached hydrogen (secondary N) is 1. The van der Waals surface area contributed by atoms with Crippen molar-refractivity contribution in [1.29, 1.82) is 0 Å². The second-order valence-corrected chi connectivity index (χ2v) is 5.24. The largest absolute Gasteiger partial charge is 0.334 e. The molecule has 19 heavy (non-hydrogen) atoms. The van der Waals surface area contributed by atoms with E-state index in [0.29, 0.717) is 17.5 Å². The summed E-state index contributed by atoms with van der Waals surface area (Å²) in [5.41, 5.74) is 1.43. The first kappa shape index (κ1) is 10.9. The van der Waals surface area contributed by atoms with E-state index in [1.165, 1.54) is 0 Å². The van der Waals surface area contributed by atoms with E-state index in [9.17, 15) is 4.79 Å². The minimum atomic E-state index is 0.0826. The number of hydrogen-bond acceptors (Lipinski definition) is 4. The SMILES string of the molecule is O=C(c1cnn2ccncc12)N1CC[C@H]2CNC[C@H]21. The average Bonchev–Trinajstić information content (AvgIpc) is 3.12. The van der Waals surface area contributed by atoms with Crippen molar-refractivity contribution in [3.63, 3.8) is 0 Å². The summed E-state index contributed by atoms with van der Waals surface area (Å²) in [6, 6.07) is 0.346. The Hall–Kier alpha value is -1.95. The Labute approximate surface area is 110 Å². The minimum absolute atomic E-state index is 0.0826. The van der Waals surface area contributed by atoms with Gasteiger partial charge in [-0.25, -0.2) is 4.52 Å². The molecule has 6 heteroatoms. The van der Waals surface area contributed by atoms with E-state index < -0.39 is 0 Å². The van der Waals surface area contributed by atoms with Crippen LogP contribution in [0.3, 0.4) is 0 Å². The lowest BCUT2D eigenvalue weighted by Crippen LogP contribution is -2.39. The van der Waals surface area contributed by atoms with Crippen LogP contribution in [0.4, 0.5) is 0 Å². The smallest absolute Gasteiger partial charge is 0.258 e. The Kier molecular flexibility index (Phi) is 2.32. The Balaban J connectivity index is 1.70. The van der Waals surface area contributed by atoms with Crippen molar-refractivity contribution in [1.82, 2.24) is 24.8 Å². The molecule has 2 atom stereocenters. The van der Waals surface area contributed by atoms with Crippen LogP contribution in [0.5, 0.6) is 0 Å². The summed E-state index contributed by atoms with van der Waals surface area (Å²) in [5, 5.41) is 7.57. The zero-order valence-electron chi connectivity index (χ0n) is 10.5. The molecule has 4 rings (SSSR count). The number of aromatic nitrogens is 3. The molecule has 0 unspecified atom stereocenters. The molecule has 1 N–H and O–H groups in total. The first-order valence-electron chi connectivity index (χ1n) is 6.63. The summed E-state index contributed by atoms with van der Waals surface area (Å²) in [6.07, 6.45) is 7.87. The molecule has 1 amide bonds. The highest BCUT2D eigenvalue weighted by atomic mass is 16.2. The van der Waals surface area contributed by atoms with E-state index in [2.05, 4.69) is 15.4 Å². The summed E-state index contributed by atoms with van der Waals surface area (Å²) in [7, 11) is 0. The predicted octanol–water partition coefficient (Wildman–Crippen LogP) is 0.163. The number of rotatable bonds is 1. The first-order valence-corrected chi connectivity index (χ1v) is 6.63. The summed E-state index contributed by atoms with van der Waals surface area (Å²) in [6.45, 7) is 2.80. The van der Waals surface area contributed by atoms with E-state index >= 15 is 0 Å². The number of nitrogens with zero attached hydrogens (tertiary/aromatic N) is 4. The van der Waals surface area contributed by atoms with Crippen LogP contribution < -0.4 is 5.32 Å². The second kappa shape index (κ2) is 4.03. The van der Waals surface area contributed by atoms with Gasteiger partial charge in [0.1, 0.15) is 0 Å². The van der Waals surface area contributed by atoms with E-state index in [4.69, 9.17) is 0 Å². The van der Waals surface area contributed by atoms with Crippen molar-refractivity contribution in [3.8, 4) is 0 Å². The van der Waals surface area contributed by atoms with Gasteiger partial charge >= 0.3 is 0 Å². The Morgan fingerprint density at radius 1 is 1.37 bits per heavy atom. The molecule has 0 aromatic carbocycles. The topological polar surface area (TPSA) is 62.5 Å². The third-order valence-electron chi connectivity index (χ3n) is 4.26. The van der Waals surface area contributed by atoms with Gasteiger partial charge < -0.3 is 10.2 Å². The Bertz CT molecular complexity index is 637. The van der Waals surface area contributed by atoms with Crippen molar-refractivity contribution in [2.45, 2.75) is 12.5 Å². The second-order valence-electron chi connectivity index (χ2n) is 5.24. The van der Waals surface area contributed by atoms with Crippen molar-refractivity contribution in [3.05, 3.63) is 30.4 Å². The van der Waals surface area contributed by atoms with Gasteiger partial charge in [-0.3, -0.25) is 9.78 Å². The van der Waals surface area contributed by atoms with E-state index in [0.717, 1.165) is 31.6 Å². The lowest BCUT2D eigenvalue weighted by Gasteiger charge is -2.22. The maximum atomic E-state index is 12.7. The summed E-state index contributed by atoms with van der Waals surface area (Å²) in [4.78, 5) is 18.8. The van der Waals surface area contributed by atoms with Gasteiger partial charge in [0.15, 0.2) is 0 Å². The van der Waals surface area contributed by atoms with Crippen LogP contribution in [0.1, 0.15) is 16.8 Å². The summed E-state index contributed by atoms with van der Waals surface area (Å²) < 4.78 is 1.70. The normalized spacial score (nSPS) is 26.0. The lowest BCUT2D eigenvalue weighted by molar-refractivity contribution is 0.0739. The van der Waals surface area contributed by atoms with Crippen LogP contribution in [0.2, 0.25) is 0 Å². The highest BCUT2D eigenvalue weighted by Crippen LogP contribution is 2.29. The Morgan fingerprint density at radius 3 is 3.26 bits per heavy atom. The average molecular weight is 257 g/mol. The number of likely N-dealkylation sites (tertiary alicyclic amines) is 1. The predicted molar refractivity (Wildman–Crippen MR) is 68.8 cm³/mol. The first-order chi connectivity index (χ1) is 9.34. The maximum absolute atomic E-state index is 12.7. The molecule has 2 aliphatic rings. The molecule has 0 aliphatic carbocycles. The molecular formula is C13H15N5O. The minimum Gasteiger partial charge on any atom is -0.334 e. The fourth-order valence-corrected chi connectivity index (χ4v) is 3.26. The van der Waals surface area contributed by atoms with Crippen molar-refractivity contribution < 1.29 is 4.79 Å². The van der Waals surface area contributed by atoms with Gasteiger partial charge in [-0.15, -0.1) is 0 Å². The number of amides is 1. The molecule has 2 aromatic rings. The van der Waals surface area contributed by atoms with Crippen LogP contribution in [0, 0.1) is 5.92 Å². The van der Waals surface area contributed by atoms with Gasteiger partial charge in [-0.1, -0.05) is 0 Å². The molecule has 0 bridgehead atoms. The zero-order valence-corrected chi connectivity index (χ0v) is 10.5. The third kappa shape index (κ3) is 1.56. The molecule has 0 radical (unpaired) electrons. The molecule has 0 saturated carbocycles. The molecular weight excluding hydrogens is 242 g/mol. The third-order valence-corrected chi connectivity index (χ3v) is 4.26. The van der Waals surface area contributed by atoms with Crippen LogP contribution in [0.25, 0.3) is 5.52 Å². The van der Waals surface area contributed by atoms with Gasteiger partial charge in [0, 0.05) is 38.1 Å². The molecule has 0 spiro atoms. The number of carbonyl (C=O) groups excluding carboxylic acids is 1. The standard InChI is InChI=1S/C13H15N5O/c19-13(17-3-1-9-5-15-7-11(9)17)10-6-16-18-4-2-14-8-12(10)18/h2,4,6,8-9,11,15H,1,3,5,7H2/t9-,11+/m0/s1. The molecule has 2 aliphatic heterocycles. The van der Waals surface area contributed by atoms with Gasteiger partial charge in [0.2, 0.25) is 0 Å². The van der Waals surface area contributed by atoms with E-state index in [1.54, 1.807) is 29.3 Å². The van der Waals surface area contributed by atoms with Crippen molar-refractivity contribution >= 4 is 11.4 Å². The maximum Gasteiger partial charge on any atom is 0.258 e. The summed E-state index contributed by atoms with van der Waals surface area (Å²) >= 11 is 0. The van der Waals surface area contributed by atoms with Gasteiger partial charge in [-0.05, 0) is 12.3 Å². The highest BCUT2D eigenvalue weighted by Gasteiger charge is 2.40. The monoisotopic (exact) mass is 257 g/mol. The van der Waals surface area contributed by atoms with Crippen LogP contribution in [-0.4, -0.2) is 51.1 Å². The zero-order chi connectivity index (χ0) is 12.8. The summed E-state index contributed by atoms with van der Waals surface area (Å²) in [5.74, 6) is 0.697. The quantitative estimate of drug-likeness (QED) is 0.790. The molecule has 6 nitrogen and oxygen atoms in total. The molecule has 2 aromatic heterocycles. The van der Waals surface area contributed by atoms with E-state index in [1.807, 2.05) is 4.90 Å². The Morgan fingerprint density at radius 2 is 2.32 bits per heavy atom. The van der Waals surface area contributed by atoms with Gasteiger partial charge in [0.25, 0.3) is 5.91 Å². The highest BCUT2D eigenvalue weighted by molar-refractivity contribution is 6.00. The number of fused-ring (bicyclic) bond motifs is 2. The van der Waals surface area contributed by atoms with Crippen LogP contribution in [0.15, 0.2) is 24.8 Å². The van der Waals surface area contributed by atoms with Crippen LogP contribution in [-0.2, 0) is 0 Å². The fraction of sp³-hybridized carbons (Fsp3) is 0.462. The van der Waals surface area contributed by atoms with E-state index in [-0.39, 0.29) is 5.91 Å². The molecule has 98 valence electrons. The number of carbonyl (C=O) groups is 1.